The van der Waals surface area contributed by atoms with Crippen molar-refractivity contribution in [1.29, 1.82) is 0 Å². The Hall–Kier alpha value is -0.650. The molecule has 0 aliphatic heterocycles. The van der Waals surface area contributed by atoms with Gasteiger partial charge in [0, 0.05) is 12.6 Å². The van der Waals surface area contributed by atoms with E-state index in [9.17, 15) is 4.79 Å². The Morgan fingerprint density at radius 2 is 2.33 bits per heavy atom. The molecule has 0 heterocycles. The molecule has 0 bridgehead atoms. The van der Waals surface area contributed by atoms with Crippen LogP contribution in [-0.2, 0) is 9.53 Å². The lowest BCUT2D eigenvalue weighted by atomic mass is 10.3. The van der Waals surface area contributed by atoms with Crippen LogP contribution in [0.4, 0.5) is 0 Å². The molecular weight excluding hydrogens is 160 g/mol. The zero-order valence-electron chi connectivity index (χ0n) is 7.41. The van der Waals surface area contributed by atoms with Crippen LogP contribution in [0.15, 0.2) is 0 Å². The third-order valence-electron chi connectivity index (χ3n) is 1.48. The minimum Gasteiger partial charge on any atom is -0.468 e. The van der Waals surface area contributed by atoms with Crippen LogP contribution >= 0.6 is 0 Å². The van der Waals surface area contributed by atoms with Crippen molar-refractivity contribution in [3.63, 3.8) is 0 Å². The summed E-state index contributed by atoms with van der Waals surface area (Å²) in [5.74, 6) is -0.333. The number of carbonyl (C=O) groups is 1. The highest BCUT2D eigenvalue weighted by Gasteiger charge is 2.12. The molecule has 0 rings (SSSR count). The van der Waals surface area contributed by atoms with Crippen LogP contribution in [0.5, 0.6) is 0 Å². The number of esters is 1. The van der Waals surface area contributed by atoms with Gasteiger partial charge in [-0.1, -0.05) is 0 Å². The van der Waals surface area contributed by atoms with E-state index < -0.39 is 0 Å². The summed E-state index contributed by atoms with van der Waals surface area (Å²) in [6.45, 7) is 1.98. The van der Waals surface area contributed by atoms with E-state index in [0.29, 0.717) is 6.54 Å². The maximum absolute atomic E-state index is 10.8. The summed E-state index contributed by atoms with van der Waals surface area (Å²) in [4.78, 5) is 10.8. The Labute approximate surface area is 71.9 Å². The molecule has 0 aliphatic rings. The standard InChI is InChI=1S/C7H16N2O3/c1-5(7(11)12-2)9-3-6(8)4-10/h5-6,9-10H,3-4,8H2,1-2H3/t5-,6-/m1/s1. The third kappa shape index (κ3) is 4.27. The van der Waals surface area contributed by atoms with Gasteiger partial charge >= 0.3 is 5.97 Å². The highest BCUT2D eigenvalue weighted by atomic mass is 16.5. The zero-order valence-corrected chi connectivity index (χ0v) is 7.41. The maximum atomic E-state index is 10.8. The molecule has 5 nitrogen and oxygen atoms in total. The number of hydrogen-bond acceptors (Lipinski definition) is 5. The fraction of sp³-hybridized carbons (Fsp3) is 0.857. The molecule has 0 aromatic rings. The highest BCUT2D eigenvalue weighted by Crippen LogP contribution is 1.85. The first-order valence-corrected chi connectivity index (χ1v) is 3.79. The van der Waals surface area contributed by atoms with Gasteiger partial charge in [-0.2, -0.15) is 0 Å². The molecule has 0 aliphatic carbocycles. The molecule has 0 amide bonds. The summed E-state index contributed by atoms with van der Waals surface area (Å²) in [6.07, 6.45) is 0. The molecule has 0 spiro atoms. The van der Waals surface area contributed by atoms with Crippen LogP contribution in [0.25, 0.3) is 0 Å². The van der Waals surface area contributed by atoms with Crippen molar-refractivity contribution in [2.75, 3.05) is 20.3 Å². The third-order valence-corrected chi connectivity index (χ3v) is 1.48. The number of nitrogens with one attached hydrogen (secondary N) is 1. The molecule has 12 heavy (non-hydrogen) atoms. The Morgan fingerprint density at radius 1 is 1.75 bits per heavy atom. The van der Waals surface area contributed by atoms with Crippen LogP contribution in [0.3, 0.4) is 0 Å². The number of carbonyl (C=O) groups excluding carboxylic acids is 1. The molecular formula is C7H16N2O3. The van der Waals surface area contributed by atoms with E-state index in [0.717, 1.165) is 0 Å². The van der Waals surface area contributed by atoms with Gasteiger partial charge in [-0.25, -0.2) is 0 Å². The molecule has 4 N–H and O–H groups in total. The van der Waals surface area contributed by atoms with Gasteiger partial charge in [0.05, 0.1) is 13.7 Å². The van der Waals surface area contributed by atoms with Crippen molar-refractivity contribution in [3.05, 3.63) is 0 Å². The SMILES string of the molecule is COC(=O)[C@@H](C)NC[C@@H](N)CO. The van der Waals surface area contributed by atoms with Gasteiger partial charge in [0.1, 0.15) is 6.04 Å². The van der Waals surface area contributed by atoms with Gasteiger partial charge in [0.15, 0.2) is 0 Å². The number of ether oxygens (including phenoxy) is 1. The molecule has 0 aromatic heterocycles. The predicted molar refractivity (Wildman–Crippen MR) is 44.5 cm³/mol. The molecule has 0 fully saturated rings. The first-order valence-electron chi connectivity index (χ1n) is 3.79. The zero-order chi connectivity index (χ0) is 9.56. The van der Waals surface area contributed by atoms with E-state index in [1.165, 1.54) is 7.11 Å². The number of aliphatic hydroxyl groups excluding tert-OH is 1. The van der Waals surface area contributed by atoms with Crippen LogP contribution in [0, 0.1) is 0 Å². The highest BCUT2D eigenvalue weighted by molar-refractivity contribution is 5.75. The number of rotatable bonds is 5. The van der Waals surface area contributed by atoms with Crippen LogP contribution in [0.1, 0.15) is 6.92 Å². The van der Waals surface area contributed by atoms with Crippen molar-refractivity contribution in [2.45, 2.75) is 19.0 Å². The Morgan fingerprint density at radius 3 is 2.75 bits per heavy atom. The number of methoxy groups -OCH3 is 1. The smallest absolute Gasteiger partial charge is 0.322 e. The number of aliphatic hydroxyl groups is 1. The average Bonchev–Trinajstić information content (AvgIpc) is 2.11. The van der Waals surface area contributed by atoms with Crippen molar-refractivity contribution in [1.82, 2.24) is 5.32 Å². The van der Waals surface area contributed by atoms with Gasteiger partial charge in [-0.3, -0.25) is 4.79 Å². The van der Waals surface area contributed by atoms with Gasteiger partial charge in [-0.15, -0.1) is 0 Å². The second kappa shape index (κ2) is 5.93. The molecule has 5 heteroatoms. The summed E-state index contributed by atoms with van der Waals surface area (Å²) >= 11 is 0. The first kappa shape index (κ1) is 11.4. The van der Waals surface area contributed by atoms with Gasteiger partial charge in [0.25, 0.3) is 0 Å². The summed E-state index contributed by atoms with van der Waals surface area (Å²) in [5.41, 5.74) is 5.40. The van der Waals surface area contributed by atoms with Gasteiger partial charge in [-0.05, 0) is 6.92 Å². The molecule has 0 aromatic carbocycles. The topological polar surface area (TPSA) is 84.6 Å². The van der Waals surface area contributed by atoms with Gasteiger partial charge in [0.2, 0.25) is 0 Å². The molecule has 0 saturated carbocycles. The monoisotopic (exact) mass is 176 g/mol. The number of nitrogens with two attached hydrogens (primary N) is 1. The van der Waals surface area contributed by atoms with Crippen LogP contribution < -0.4 is 11.1 Å². The van der Waals surface area contributed by atoms with Crippen LogP contribution in [-0.4, -0.2) is 43.4 Å². The maximum Gasteiger partial charge on any atom is 0.322 e. The lowest BCUT2D eigenvalue weighted by Crippen LogP contribution is -2.43. The van der Waals surface area contributed by atoms with E-state index in [2.05, 4.69) is 10.1 Å². The lowest BCUT2D eigenvalue weighted by molar-refractivity contribution is -0.142. The van der Waals surface area contributed by atoms with Crippen LogP contribution in [0.2, 0.25) is 0 Å². The largest absolute Gasteiger partial charge is 0.468 e. The minimum absolute atomic E-state index is 0.0963. The van der Waals surface area contributed by atoms with Crippen molar-refractivity contribution in [2.24, 2.45) is 5.73 Å². The van der Waals surface area contributed by atoms with E-state index in [-0.39, 0.29) is 24.7 Å². The van der Waals surface area contributed by atoms with Crippen molar-refractivity contribution >= 4 is 5.97 Å². The van der Waals surface area contributed by atoms with E-state index in [1.807, 2.05) is 0 Å². The fourth-order valence-corrected chi connectivity index (χ4v) is 0.653. The first-order chi connectivity index (χ1) is 5.61. The molecule has 0 radical (unpaired) electrons. The predicted octanol–water partition coefficient (Wildman–Crippen LogP) is -1.54. The average molecular weight is 176 g/mol. The van der Waals surface area contributed by atoms with Crippen molar-refractivity contribution in [3.8, 4) is 0 Å². The summed E-state index contributed by atoms with van der Waals surface area (Å²) < 4.78 is 4.47. The van der Waals surface area contributed by atoms with E-state index >= 15 is 0 Å². The van der Waals surface area contributed by atoms with Crippen molar-refractivity contribution < 1.29 is 14.6 Å². The molecule has 0 saturated heterocycles. The lowest BCUT2D eigenvalue weighted by Gasteiger charge is -2.13. The quantitative estimate of drug-likeness (QED) is 0.442. The Balaban J connectivity index is 3.56. The molecule has 2 atom stereocenters. The molecule has 72 valence electrons. The second-order valence-electron chi connectivity index (χ2n) is 2.60. The summed E-state index contributed by atoms with van der Waals surface area (Å²) in [6, 6.07) is -0.718. The number of hydrogen-bond donors (Lipinski definition) is 3. The summed E-state index contributed by atoms with van der Waals surface area (Å²) in [7, 11) is 1.33. The van der Waals surface area contributed by atoms with E-state index in [4.69, 9.17) is 10.8 Å². The fourth-order valence-electron chi connectivity index (χ4n) is 0.653. The Kier molecular flexibility index (Phi) is 5.61. The minimum atomic E-state index is -0.382. The second-order valence-corrected chi connectivity index (χ2v) is 2.60. The summed E-state index contributed by atoms with van der Waals surface area (Å²) in [5, 5.41) is 11.4. The van der Waals surface area contributed by atoms with Gasteiger partial charge < -0.3 is 20.9 Å². The molecule has 0 unspecified atom stereocenters. The normalized spacial score (nSPS) is 15.3. The van der Waals surface area contributed by atoms with E-state index in [1.54, 1.807) is 6.92 Å². The Bertz CT molecular complexity index is 141.